The molecule has 3 rings (SSSR count). The van der Waals surface area contributed by atoms with Crippen molar-refractivity contribution in [2.45, 2.75) is 26.3 Å². The first-order valence-corrected chi connectivity index (χ1v) is 9.91. The Labute approximate surface area is 142 Å². The molecule has 1 fully saturated rings. The zero-order valence-electron chi connectivity index (χ0n) is 13.6. The minimum Gasteiger partial charge on any atom is -0.370 e. The molecule has 2 aromatic rings. The average Bonchev–Trinajstić information content (AvgIpc) is 2.86. The molecule has 1 aromatic heterocycles. The Morgan fingerprint density at radius 2 is 2.13 bits per heavy atom. The van der Waals surface area contributed by atoms with Crippen molar-refractivity contribution in [2.75, 3.05) is 24.2 Å². The Morgan fingerprint density at radius 1 is 1.39 bits per heavy atom. The van der Waals surface area contributed by atoms with Gasteiger partial charge in [0, 0.05) is 46.9 Å². The number of nitrogens with zero attached hydrogens (tertiary/aromatic N) is 1. The lowest BCUT2D eigenvalue weighted by atomic mass is 9.79. The van der Waals surface area contributed by atoms with E-state index in [4.69, 9.17) is 11.6 Å². The summed E-state index contributed by atoms with van der Waals surface area (Å²) in [6.45, 7) is 5.75. The lowest BCUT2D eigenvalue weighted by Gasteiger charge is -2.45. The van der Waals surface area contributed by atoms with Crippen LogP contribution in [0.4, 0.5) is 5.69 Å². The van der Waals surface area contributed by atoms with Crippen molar-refractivity contribution in [1.29, 1.82) is 0 Å². The largest absolute Gasteiger partial charge is 0.370 e. The third-order valence-electron chi connectivity index (χ3n) is 4.54. The summed E-state index contributed by atoms with van der Waals surface area (Å²) in [4.78, 5) is 5.49. The molecule has 1 aliphatic heterocycles. The first kappa shape index (κ1) is 16.6. The summed E-state index contributed by atoms with van der Waals surface area (Å²) in [6.07, 6.45) is 3.89. The van der Waals surface area contributed by atoms with Crippen molar-refractivity contribution in [2.24, 2.45) is 5.41 Å². The lowest BCUT2D eigenvalue weighted by Crippen LogP contribution is -2.55. The highest BCUT2D eigenvalue weighted by atomic mass is 35.5. The summed E-state index contributed by atoms with van der Waals surface area (Å²) in [6, 6.07) is 5.89. The molecule has 1 atom stereocenters. The molecule has 0 aliphatic carbocycles. The van der Waals surface area contributed by atoms with Crippen LogP contribution in [0.5, 0.6) is 0 Å². The molecule has 23 heavy (non-hydrogen) atoms. The van der Waals surface area contributed by atoms with Crippen LogP contribution in [0.15, 0.2) is 24.4 Å². The quantitative estimate of drug-likeness (QED) is 0.889. The number of nitrogens with one attached hydrogen (secondary N) is 2. The van der Waals surface area contributed by atoms with Gasteiger partial charge in [-0.05, 0) is 30.0 Å². The first-order valence-electron chi connectivity index (χ1n) is 7.65. The van der Waals surface area contributed by atoms with E-state index in [1.54, 1.807) is 0 Å². The van der Waals surface area contributed by atoms with Crippen molar-refractivity contribution >= 4 is 38.2 Å². The maximum atomic E-state index is 11.6. The molecule has 0 saturated carbocycles. The van der Waals surface area contributed by atoms with Gasteiger partial charge in [-0.1, -0.05) is 25.4 Å². The van der Waals surface area contributed by atoms with Crippen molar-refractivity contribution in [3.05, 3.63) is 29.4 Å². The normalized spacial score (nSPS) is 21.7. The number of aromatic nitrogens is 1. The summed E-state index contributed by atoms with van der Waals surface area (Å²) in [5.74, 6) is 0. The number of hydrogen-bond acceptors (Lipinski definition) is 3. The fraction of sp³-hybridized carbons (Fsp3) is 0.500. The summed E-state index contributed by atoms with van der Waals surface area (Å²) in [5, 5.41) is 1.84. The van der Waals surface area contributed by atoms with Gasteiger partial charge in [-0.25, -0.2) is 13.1 Å². The number of H-pyrrole nitrogens is 1. The molecular formula is C16H22ClN3O2S. The molecule has 1 aromatic carbocycles. The van der Waals surface area contributed by atoms with Gasteiger partial charge < -0.3 is 9.88 Å². The van der Waals surface area contributed by atoms with Crippen LogP contribution in [-0.4, -0.2) is 38.8 Å². The average molecular weight is 356 g/mol. The van der Waals surface area contributed by atoms with E-state index in [9.17, 15) is 8.42 Å². The van der Waals surface area contributed by atoms with E-state index in [0.29, 0.717) is 5.02 Å². The Bertz CT molecular complexity index is 829. The summed E-state index contributed by atoms with van der Waals surface area (Å²) >= 11 is 6.25. The predicted octanol–water partition coefficient (Wildman–Crippen LogP) is 2.98. The number of sulfonamides is 1. The minimum absolute atomic E-state index is 0.0605. The number of fused-ring (bicyclic) bond motifs is 1. The summed E-state index contributed by atoms with van der Waals surface area (Å²) in [7, 11) is -3.20. The van der Waals surface area contributed by atoms with E-state index < -0.39 is 10.0 Å². The van der Waals surface area contributed by atoms with Crippen molar-refractivity contribution < 1.29 is 8.42 Å². The zero-order valence-corrected chi connectivity index (χ0v) is 15.1. The first-order chi connectivity index (χ1) is 10.7. The van der Waals surface area contributed by atoms with Crippen LogP contribution in [-0.2, 0) is 10.0 Å². The second kappa shape index (κ2) is 5.69. The maximum Gasteiger partial charge on any atom is 0.208 e. The standard InChI is InChI=1S/C16H22ClN3O2S/c1-16(2)10-20(7-5-15(16)19-23(3,21)22)14-9-11(17)8-13-12(14)4-6-18-13/h4,6,8-9,15,18-19H,5,7,10H2,1-3H3. The Morgan fingerprint density at radius 3 is 2.78 bits per heavy atom. The van der Waals surface area contributed by atoms with Crippen molar-refractivity contribution in [3.8, 4) is 0 Å². The Kier molecular flexibility index (Phi) is 4.11. The number of hydrogen-bond donors (Lipinski definition) is 2. The number of anilines is 1. The van der Waals surface area contributed by atoms with Crippen LogP contribution in [0.25, 0.3) is 10.9 Å². The molecule has 5 nitrogen and oxygen atoms in total. The van der Waals surface area contributed by atoms with E-state index >= 15 is 0 Å². The van der Waals surface area contributed by atoms with Gasteiger partial charge in [0.15, 0.2) is 0 Å². The van der Waals surface area contributed by atoms with Crippen LogP contribution in [0.1, 0.15) is 20.3 Å². The maximum absolute atomic E-state index is 11.6. The van der Waals surface area contributed by atoms with Gasteiger partial charge in [0.2, 0.25) is 10.0 Å². The molecule has 1 saturated heterocycles. The molecule has 0 radical (unpaired) electrons. The van der Waals surface area contributed by atoms with Crippen LogP contribution in [0, 0.1) is 5.41 Å². The van der Waals surface area contributed by atoms with Crippen molar-refractivity contribution in [3.63, 3.8) is 0 Å². The van der Waals surface area contributed by atoms with E-state index in [2.05, 4.69) is 34.5 Å². The highest BCUT2D eigenvalue weighted by Crippen LogP contribution is 2.37. The molecule has 126 valence electrons. The SMILES string of the molecule is CC1(C)CN(c2cc(Cl)cc3[nH]ccc23)CCC1NS(C)(=O)=O. The van der Waals surface area contributed by atoms with Crippen molar-refractivity contribution in [1.82, 2.24) is 9.71 Å². The fourth-order valence-corrected chi connectivity index (χ4v) is 4.58. The number of rotatable bonds is 3. The second-order valence-electron chi connectivity index (χ2n) is 7.01. The zero-order chi connectivity index (χ0) is 16.8. The molecular weight excluding hydrogens is 334 g/mol. The smallest absolute Gasteiger partial charge is 0.208 e. The predicted molar refractivity (Wildman–Crippen MR) is 95.7 cm³/mol. The highest BCUT2D eigenvalue weighted by Gasteiger charge is 2.37. The molecule has 2 N–H and O–H groups in total. The highest BCUT2D eigenvalue weighted by molar-refractivity contribution is 7.88. The molecule has 0 amide bonds. The minimum atomic E-state index is -3.20. The van der Waals surface area contributed by atoms with Gasteiger partial charge in [0.1, 0.15) is 0 Å². The summed E-state index contributed by atoms with van der Waals surface area (Å²) < 4.78 is 25.9. The Balaban J connectivity index is 1.90. The van der Waals surface area contributed by atoms with Crippen LogP contribution >= 0.6 is 11.6 Å². The van der Waals surface area contributed by atoms with Crippen LogP contribution in [0.3, 0.4) is 0 Å². The van der Waals surface area contributed by atoms with Gasteiger partial charge in [-0.2, -0.15) is 0 Å². The molecule has 7 heteroatoms. The molecule has 1 aliphatic rings. The van der Waals surface area contributed by atoms with Gasteiger partial charge in [0.25, 0.3) is 0 Å². The number of halogens is 1. The van der Waals surface area contributed by atoms with Crippen LogP contribution < -0.4 is 9.62 Å². The molecule has 1 unspecified atom stereocenters. The summed E-state index contributed by atoms with van der Waals surface area (Å²) in [5.41, 5.74) is 1.94. The van der Waals surface area contributed by atoms with E-state index in [-0.39, 0.29) is 11.5 Å². The monoisotopic (exact) mass is 355 g/mol. The number of piperidine rings is 1. The fourth-order valence-electron chi connectivity index (χ4n) is 3.41. The third-order valence-corrected chi connectivity index (χ3v) is 5.47. The van der Waals surface area contributed by atoms with Gasteiger partial charge in [-0.15, -0.1) is 0 Å². The van der Waals surface area contributed by atoms with Gasteiger partial charge >= 0.3 is 0 Å². The topological polar surface area (TPSA) is 65.2 Å². The van der Waals surface area contributed by atoms with E-state index in [1.807, 2.05) is 18.3 Å². The van der Waals surface area contributed by atoms with E-state index in [0.717, 1.165) is 36.1 Å². The molecule has 0 spiro atoms. The molecule has 0 bridgehead atoms. The van der Waals surface area contributed by atoms with Gasteiger partial charge in [0.05, 0.1) is 6.26 Å². The van der Waals surface area contributed by atoms with E-state index in [1.165, 1.54) is 6.26 Å². The van der Waals surface area contributed by atoms with Crippen LogP contribution in [0.2, 0.25) is 5.02 Å². The lowest BCUT2D eigenvalue weighted by molar-refractivity contribution is 0.229. The second-order valence-corrected chi connectivity index (χ2v) is 9.22. The number of benzene rings is 1. The van der Waals surface area contributed by atoms with Gasteiger partial charge in [-0.3, -0.25) is 0 Å². The third kappa shape index (κ3) is 3.49. The number of aromatic amines is 1. The Hall–Kier alpha value is -1.24. The molecule has 2 heterocycles.